The van der Waals surface area contributed by atoms with E-state index in [1.807, 2.05) is 0 Å². The van der Waals surface area contributed by atoms with E-state index in [9.17, 15) is 4.79 Å². The quantitative estimate of drug-likeness (QED) is 0.471. The molecule has 4 rings (SSSR count). The van der Waals surface area contributed by atoms with Crippen molar-refractivity contribution in [2.45, 2.75) is 26.1 Å². The summed E-state index contributed by atoms with van der Waals surface area (Å²) in [5.41, 5.74) is 2.61. The molecule has 1 aliphatic rings. The first kappa shape index (κ1) is 21.4. The monoisotopic (exact) mass is 452 g/mol. The van der Waals surface area contributed by atoms with Gasteiger partial charge in [0.15, 0.2) is 18.5 Å². The molecule has 0 radical (unpaired) electrons. The normalized spacial score (nSPS) is 12.7. The van der Waals surface area contributed by atoms with Gasteiger partial charge in [0.25, 0.3) is 11.4 Å². The Morgan fingerprint density at radius 3 is 1.97 bits per heavy atom. The molecule has 1 aromatic carbocycles. The minimum atomic E-state index is -1.09. The van der Waals surface area contributed by atoms with E-state index in [2.05, 4.69) is 57.9 Å². The van der Waals surface area contributed by atoms with Crippen LogP contribution in [0, 0.1) is 0 Å². The predicted octanol–water partition coefficient (Wildman–Crippen LogP) is 4.44. The van der Waals surface area contributed by atoms with Crippen molar-refractivity contribution in [1.82, 2.24) is 0 Å². The highest BCUT2D eigenvalue weighted by Gasteiger charge is 2.27. The number of aromatic nitrogens is 2. The van der Waals surface area contributed by atoms with Gasteiger partial charge in [-0.05, 0) is 25.1 Å². The molecular weight excluding hydrogens is 435 g/mol. The van der Waals surface area contributed by atoms with Crippen LogP contribution < -0.4 is 13.9 Å². The highest BCUT2D eigenvalue weighted by Crippen LogP contribution is 2.34. The number of rotatable bonds is 3. The Morgan fingerprint density at radius 2 is 1.45 bits per heavy atom. The number of carboxylic acids is 1. The number of hydrogen-bond donors (Lipinski definition) is 1. The molecule has 0 fully saturated rings. The Balaban J connectivity index is 0.000000166. The van der Waals surface area contributed by atoms with Crippen LogP contribution in [-0.4, -0.2) is 17.2 Å². The lowest BCUT2D eigenvalue weighted by Crippen LogP contribution is -2.52. The van der Waals surface area contributed by atoms with E-state index >= 15 is 0 Å². The molecule has 0 amide bonds. The molecule has 0 saturated carbocycles. The van der Waals surface area contributed by atoms with Gasteiger partial charge < -0.3 is 9.84 Å². The molecule has 3 aromatic rings. The van der Waals surface area contributed by atoms with Gasteiger partial charge in [0.05, 0.1) is 15.1 Å². The minimum Gasteiger partial charge on any atom is -0.479 e. The predicted molar refractivity (Wildman–Crippen MR) is 111 cm³/mol. The van der Waals surface area contributed by atoms with E-state index in [-0.39, 0.29) is 20.8 Å². The van der Waals surface area contributed by atoms with Crippen LogP contribution in [0.3, 0.4) is 0 Å². The van der Waals surface area contributed by atoms with Gasteiger partial charge in [-0.2, -0.15) is 9.13 Å². The molecule has 2 aromatic heterocycles. The number of aliphatic carboxylic acids is 1. The Kier molecular flexibility index (Phi) is 6.96. The van der Waals surface area contributed by atoms with Crippen molar-refractivity contribution >= 4 is 40.8 Å². The van der Waals surface area contributed by atoms with Crippen LogP contribution in [0.5, 0.6) is 5.75 Å². The maximum Gasteiger partial charge on any atom is 0.344 e. The van der Waals surface area contributed by atoms with Crippen molar-refractivity contribution < 1.29 is 23.8 Å². The average molecular weight is 454 g/mol. The van der Waals surface area contributed by atoms with Gasteiger partial charge in [-0.25, -0.2) is 4.79 Å². The van der Waals surface area contributed by atoms with Crippen molar-refractivity contribution in [3.63, 3.8) is 0 Å². The number of halogens is 3. The summed E-state index contributed by atoms with van der Waals surface area (Å²) in [7, 11) is 0. The molecule has 1 atom stereocenters. The number of benzene rings is 1. The zero-order valence-electron chi connectivity index (χ0n) is 15.6. The molecule has 150 valence electrons. The third-order valence-electron chi connectivity index (χ3n) is 4.35. The number of fused-ring (bicyclic) bond motifs is 3. The molecular formula is C21H19Cl3N2O3+2. The van der Waals surface area contributed by atoms with Crippen molar-refractivity contribution in [2.24, 2.45) is 0 Å². The number of carboxylic acid groups (broad SMARTS) is 1. The Bertz CT molecular complexity index is 998. The number of ether oxygens (including phenoxy) is 1. The number of pyridine rings is 2. The van der Waals surface area contributed by atoms with Gasteiger partial charge in [0.1, 0.15) is 5.75 Å². The fraction of sp³-hybridized carbons (Fsp3) is 0.190. The second kappa shape index (κ2) is 9.44. The molecule has 3 heterocycles. The number of hydrogen-bond acceptors (Lipinski definition) is 2. The molecule has 1 unspecified atom stereocenters. The van der Waals surface area contributed by atoms with Gasteiger partial charge in [-0.15, -0.1) is 0 Å². The van der Waals surface area contributed by atoms with Gasteiger partial charge in [-0.1, -0.05) is 34.8 Å². The smallest absolute Gasteiger partial charge is 0.344 e. The maximum absolute atomic E-state index is 10.5. The first-order valence-electron chi connectivity index (χ1n) is 8.88. The van der Waals surface area contributed by atoms with Gasteiger partial charge in [-0.3, -0.25) is 0 Å². The summed E-state index contributed by atoms with van der Waals surface area (Å²) in [6, 6.07) is 15.5. The van der Waals surface area contributed by atoms with E-state index in [4.69, 9.17) is 44.6 Å². The van der Waals surface area contributed by atoms with Crippen molar-refractivity contribution in [1.29, 1.82) is 0 Å². The Hall–Kier alpha value is -2.34. The van der Waals surface area contributed by atoms with Gasteiger partial charge >= 0.3 is 5.97 Å². The maximum atomic E-state index is 10.5. The van der Waals surface area contributed by atoms with E-state index in [0.717, 1.165) is 13.1 Å². The molecule has 0 saturated heterocycles. The second-order valence-corrected chi connectivity index (χ2v) is 7.58. The summed E-state index contributed by atoms with van der Waals surface area (Å²) in [5, 5.41) is 9.40. The van der Waals surface area contributed by atoms with E-state index in [1.54, 1.807) is 0 Å². The molecule has 0 spiro atoms. The van der Waals surface area contributed by atoms with Crippen LogP contribution in [0.25, 0.3) is 11.4 Å². The zero-order chi connectivity index (χ0) is 21.0. The average Bonchev–Trinajstić information content (AvgIpc) is 2.72. The fourth-order valence-electron chi connectivity index (χ4n) is 2.86. The van der Waals surface area contributed by atoms with Crippen molar-refractivity contribution in [3.05, 3.63) is 76.0 Å². The highest BCUT2D eigenvalue weighted by atomic mass is 35.5. The summed E-state index contributed by atoms with van der Waals surface area (Å²) in [6.45, 7) is 3.52. The van der Waals surface area contributed by atoms with Crippen LogP contribution >= 0.6 is 34.8 Å². The van der Waals surface area contributed by atoms with E-state index in [0.29, 0.717) is 0 Å². The number of nitrogens with zero attached hydrogens (tertiary/aromatic N) is 2. The molecule has 8 heteroatoms. The lowest BCUT2D eigenvalue weighted by molar-refractivity contribution is -0.794. The van der Waals surface area contributed by atoms with Gasteiger partial charge in [0.2, 0.25) is 13.1 Å². The SMILES string of the molecule is CC(Oc1cc(Cl)c(Cl)cc1Cl)C(=O)O.c1cc[n+]2c(c1)-c1cccc[n+]1CC2. The fourth-order valence-corrected chi connectivity index (χ4v) is 3.44. The standard InChI is InChI=1S/C12H12N2.C9H7Cl3O3/c1-3-7-13-9-10-14-8-4-2-6-12(14)11(13)5-1;1-4(9(13)14)15-8-3-6(11)5(10)2-7(8)12/h1-8H,9-10H2;2-4H,1H3,(H,13,14)/q+2;. The second-order valence-electron chi connectivity index (χ2n) is 6.35. The zero-order valence-corrected chi connectivity index (χ0v) is 17.8. The summed E-state index contributed by atoms with van der Waals surface area (Å²) < 4.78 is 9.67. The molecule has 29 heavy (non-hydrogen) atoms. The Labute approximate surface area is 183 Å². The van der Waals surface area contributed by atoms with E-state index in [1.165, 1.54) is 30.4 Å². The van der Waals surface area contributed by atoms with Crippen molar-refractivity contribution in [3.8, 4) is 17.1 Å². The van der Waals surface area contributed by atoms with E-state index < -0.39 is 12.1 Å². The molecule has 0 aliphatic carbocycles. The van der Waals surface area contributed by atoms with Crippen LogP contribution in [0.15, 0.2) is 60.9 Å². The first-order chi connectivity index (χ1) is 13.9. The van der Waals surface area contributed by atoms with Crippen LogP contribution in [0.4, 0.5) is 0 Å². The van der Waals surface area contributed by atoms with Crippen molar-refractivity contribution in [2.75, 3.05) is 0 Å². The minimum absolute atomic E-state index is 0.195. The Morgan fingerprint density at radius 1 is 0.931 bits per heavy atom. The topological polar surface area (TPSA) is 54.3 Å². The lowest BCUT2D eigenvalue weighted by Gasteiger charge is -2.12. The molecule has 1 aliphatic heterocycles. The van der Waals surface area contributed by atoms with Crippen LogP contribution in [0.2, 0.25) is 15.1 Å². The van der Waals surface area contributed by atoms with Gasteiger partial charge in [0, 0.05) is 30.3 Å². The third kappa shape index (κ3) is 5.18. The van der Waals surface area contributed by atoms with Crippen LogP contribution in [0.1, 0.15) is 6.92 Å². The summed E-state index contributed by atoms with van der Waals surface area (Å²) in [6.07, 6.45) is 3.29. The third-order valence-corrected chi connectivity index (χ3v) is 5.37. The largest absolute Gasteiger partial charge is 0.479 e. The number of aryl methyl sites for hydroxylation is 2. The number of carbonyl (C=O) groups is 1. The molecule has 1 N–H and O–H groups in total. The summed E-state index contributed by atoms with van der Waals surface area (Å²) in [4.78, 5) is 10.5. The summed E-state index contributed by atoms with van der Waals surface area (Å²) in [5.74, 6) is -0.891. The first-order valence-corrected chi connectivity index (χ1v) is 10.0. The summed E-state index contributed by atoms with van der Waals surface area (Å²) >= 11 is 17.2. The van der Waals surface area contributed by atoms with Crippen LogP contribution in [-0.2, 0) is 17.9 Å². The highest BCUT2D eigenvalue weighted by molar-refractivity contribution is 6.43. The lowest BCUT2D eigenvalue weighted by atomic mass is 10.2. The molecule has 0 bridgehead atoms. The molecule has 5 nitrogen and oxygen atoms in total.